The van der Waals surface area contributed by atoms with E-state index in [-0.39, 0.29) is 24.5 Å². The number of ether oxygens (including phenoxy) is 1. The molecule has 0 aliphatic heterocycles. The van der Waals surface area contributed by atoms with Crippen LogP contribution < -0.4 is 20.7 Å². The Morgan fingerprint density at radius 2 is 1.92 bits per heavy atom. The van der Waals surface area contributed by atoms with Crippen molar-refractivity contribution < 1.29 is 14.3 Å². The third kappa shape index (κ3) is 6.04. The quantitative estimate of drug-likeness (QED) is 0.595. The van der Waals surface area contributed by atoms with E-state index in [4.69, 9.17) is 4.74 Å². The summed E-state index contributed by atoms with van der Waals surface area (Å²) in [7, 11) is 0. The van der Waals surface area contributed by atoms with E-state index in [0.717, 1.165) is 24.2 Å². The van der Waals surface area contributed by atoms with Crippen LogP contribution in [-0.2, 0) is 9.59 Å². The Morgan fingerprint density at radius 1 is 1.21 bits per heavy atom. The topological polar surface area (TPSA) is 79.5 Å². The van der Waals surface area contributed by atoms with E-state index in [1.54, 1.807) is 0 Å². The van der Waals surface area contributed by atoms with Crippen molar-refractivity contribution in [3.05, 3.63) is 41.6 Å². The highest BCUT2D eigenvalue weighted by Crippen LogP contribution is 2.16. The van der Waals surface area contributed by atoms with Gasteiger partial charge >= 0.3 is 0 Å². The van der Waals surface area contributed by atoms with Crippen LogP contribution in [0.1, 0.15) is 25.3 Å². The summed E-state index contributed by atoms with van der Waals surface area (Å²) in [5.41, 5.74) is 1.96. The molecule has 1 aliphatic carbocycles. The molecule has 1 aromatic carbocycles. The lowest BCUT2D eigenvalue weighted by molar-refractivity contribution is -0.122. The Hall–Kier alpha value is -2.34. The monoisotopic (exact) mass is 331 g/mol. The lowest BCUT2D eigenvalue weighted by Crippen LogP contribution is -2.45. The molecule has 0 bridgehead atoms. The zero-order valence-corrected chi connectivity index (χ0v) is 14.2. The van der Waals surface area contributed by atoms with E-state index in [9.17, 15) is 9.59 Å². The molecular weight excluding hydrogens is 306 g/mol. The first-order chi connectivity index (χ1) is 11.6. The molecule has 0 unspecified atom stereocenters. The number of hydrogen-bond acceptors (Lipinski definition) is 4. The molecule has 3 N–H and O–H groups in total. The van der Waals surface area contributed by atoms with Crippen LogP contribution in [0.2, 0.25) is 0 Å². The number of amides is 2. The highest BCUT2D eigenvalue weighted by Gasteiger charge is 2.22. The number of aryl methyl sites for hydroxylation is 1. The maximum Gasteiger partial charge on any atom is 0.262 e. The summed E-state index contributed by atoms with van der Waals surface area (Å²) in [6.07, 6.45) is 3.48. The molecule has 1 aromatic rings. The minimum absolute atomic E-state index is 0.00533. The maximum atomic E-state index is 11.8. The van der Waals surface area contributed by atoms with Crippen LogP contribution in [0.5, 0.6) is 5.75 Å². The van der Waals surface area contributed by atoms with Crippen LogP contribution in [0.15, 0.2) is 36.0 Å². The van der Waals surface area contributed by atoms with Gasteiger partial charge in [-0.1, -0.05) is 24.6 Å². The Bertz CT molecular complexity index is 596. The minimum atomic E-state index is -0.198. The smallest absolute Gasteiger partial charge is 0.262 e. The normalized spacial score (nSPS) is 15.9. The van der Waals surface area contributed by atoms with E-state index in [1.165, 1.54) is 0 Å². The molecule has 6 nitrogen and oxygen atoms in total. The summed E-state index contributed by atoms with van der Waals surface area (Å²) in [5.74, 6) is 0.442. The average Bonchev–Trinajstić information content (AvgIpc) is 2.52. The van der Waals surface area contributed by atoms with E-state index in [2.05, 4.69) is 22.9 Å². The van der Waals surface area contributed by atoms with Crippen molar-refractivity contribution in [2.75, 3.05) is 19.7 Å². The van der Waals surface area contributed by atoms with Gasteiger partial charge in [0.1, 0.15) is 5.75 Å². The number of rotatable bonds is 9. The second-order valence-electron chi connectivity index (χ2n) is 5.90. The van der Waals surface area contributed by atoms with Crippen molar-refractivity contribution >= 4 is 11.8 Å². The molecule has 2 amide bonds. The van der Waals surface area contributed by atoms with Crippen LogP contribution in [0.3, 0.4) is 0 Å². The molecule has 2 rings (SSSR count). The van der Waals surface area contributed by atoms with E-state index in [0.29, 0.717) is 18.7 Å². The fourth-order valence-electron chi connectivity index (χ4n) is 2.27. The molecule has 0 spiro atoms. The van der Waals surface area contributed by atoms with Gasteiger partial charge in [-0.3, -0.25) is 9.59 Å². The number of hydrogen-bond donors (Lipinski definition) is 3. The number of carbonyl (C=O) groups is 2. The highest BCUT2D eigenvalue weighted by molar-refractivity contribution is 5.81. The van der Waals surface area contributed by atoms with Crippen LogP contribution >= 0.6 is 0 Å². The first-order valence-corrected chi connectivity index (χ1v) is 8.27. The zero-order chi connectivity index (χ0) is 17.4. The number of benzene rings is 1. The number of nitrogens with one attached hydrogen (secondary N) is 3. The van der Waals surface area contributed by atoms with Gasteiger partial charge in [0.05, 0.1) is 12.6 Å². The fraction of sp³-hybridized carbons (Fsp3) is 0.444. The highest BCUT2D eigenvalue weighted by atomic mass is 16.5. The molecule has 0 aromatic heterocycles. The summed E-state index contributed by atoms with van der Waals surface area (Å²) in [4.78, 5) is 23.4. The second kappa shape index (κ2) is 9.08. The summed E-state index contributed by atoms with van der Waals surface area (Å²) in [6, 6.07) is 7.54. The molecule has 1 aliphatic rings. The van der Waals surface area contributed by atoms with Crippen molar-refractivity contribution in [1.29, 1.82) is 0 Å². The van der Waals surface area contributed by atoms with Gasteiger partial charge in [0.25, 0.3) is 5.91 Å². The third-order valence-electron chi connectivity index (χ3n) is 3.59. The summed E-state index contributed by atoms with van der Waals surface area (Å²) in [6.45, 7) is 5.17. The third-order valence-corrected chi connectivity index (χ3v) is 3.59. The van der Waals surface area contributed by atoms with Crippen molar-refractivity contribution in [2.45, 2.75) is 32.7 Å². The lowest BCUT2D eigenvalue weighted by atomic mass is 9.99. The first kappa shape index (κ1) is 18.0. The summed E-state index contributed by atoms with van der Waals surface area (Å²) < 4.78 is 5.42. The van der Waals surface area contributed by atoms with E-state index in [1.807, 2.05) is 37.3 Å². The van der Waals surface area contributed by atoms with Gasteiger partial charge in [0, 0.05) is 12.1 Å². The van der Waals surface area contributed by atoms with Crippen LogP contribution in [0.4, 0.5) is 0 Å². The van der Waals surface area contributed by atoms with Gasteiger partial charge in [-0.25, -0.2) is 0 Å². The molecule has 130 valence electrons. The summed E-state index contributed by atoms with van der Waals surface area (Å²) >= 11 is 0. The van der Waals surface area contributed by atoms with Gasteiger partial charge in [-0.2, -0.15) is 0 Å². The Labute approximate surface area is 142 Å². The average molecular weight is 331 g/mol. The summed E-state index contributed by atoms with van der Waals surface area (Å²) in [5, 5.41) is 8.71. The predicted molar refractivity (Wildman–Crippen MR) is 92.6 cm³/mol. The molecule has 1 atom stereocenters. The SMILES string of the molecule is CCCNCC(=O)N[C@@H]1C=C(NC(=O)COc2ccc(C)cc2)C1. The molecule has 24 heavy (non-hydrogen) atoms. The molecule has 0 fully saturated rings. The minimum Gasteiger partial charge on any atom is -0.484 e. The first-order valence-electron chi connectivity index (χ1n) is 8.27. The molecule has 6 heteroatoms. The van der Waals surface area contributed by atoms with Crippen molar-refractivity contribution in [3.63, 3.8) is 0 Å². The van der Waals surface area contributed by atoms with E-state index < -0.39 is 0 Å². The van der Waals surface area contributed by atoms with E-state index >= 15 is 0 Å². The van der Waals surface area contributed by atoms with Gasteiger partial charge < -0.3 is 20.7 Å². The maximum absolute atomic E-state index is 11.8. The van der Waals surface area contributed by atoms with Crippen molar-refractivity contribution in [1.82, 2.24) is 16.0 Å². The van der Waals surface area contributed by atoms with Crippen LogP contribution in [-0.4, -0.2) is 37.6 Å². The molecule has 0 radical (unpaired) electrons. The Morgan fingerprint density at radius 3 is 2.58 bits per heavy atom. The standard InChI is InChI=1S/C18H25N3O3/c1-3-8-19-11-17(22)20-14-9-15(10-14)21-18(23)12-24-16-6-4-13(2)5-7-16/h4-7,9,14,19H,3,8,10-12H2,1-2H3,(H,20,22)(H,21,23)/t14-/m1/s1. The zero-order valence-electron chi connectivity index (χ0n) is 14.2. The van der Waals surface area contributed by atoms with Crippen molar-refractivity contribution in [3.8, 4) is 5.75 Å². The van der Waals surface area contributed by atoms with Crippen molar-refractivity contribution in [2.24, 2.45) is 0 Å². The molecule has 0 saturated carbocycles. The van der Waals surface area contributed by atoms with Crippen LogP contribution in [0, 0.1) is 6.92 Å². The predicted octanol–water partition coefficient (Wildman–Crippen LogP) is 1.26. The number of carbonyl (C=O) groups excluding carboxylic acids is 2. The van der Waals surface area contributed by atoms with Gasteiger partial charge in [-0.15, -0.1) is 0 Å². The molecule has 0 heterocycles. The van der Waals surface area contributed by atoms with Gasteiger partial charge in [-0.05, 0) is 38.1 Å². The van der Waals surface area contributed by atoms with Crippen LogP contribution in [0.25, 0.3) is 0 Å². The Kier molecular flexibility index (Phi) is 6.81. The fourth-order valence-corrected chi connectivity index (χ4v) is 2.27. The lowest BCUT2D eigenvalue weighted by Gasteiger charge is -2.26. The molecular formula is C18H25N3O3. The molecule has 0 saturated heterocycles. The van der Waals surface area contributed by atoms with Gasteiger partial charge in [0.2, 0.25) is 5.91 Å². The Balaban J connectivity index is 1.63. The largest absolute Gasteiger partial charge is 0.484 e. The van der Waals surface area contributed by atoms with Gasteiger partial charge in [0.15, 0.2) is 6.61 Å². The second-order valence-corrected chi connectivity index (χ2v) is 5.90.